The molecule has 1 atom stereocenters. The summed E-state index contributed by atoms with van der Waals surface area (Å²) in [7, 11) is 0. The Morgan fingerprint density at radius 3 is 2.71 bits per heavy atom. The number of unbranched alkanes of at least 4 members (excludes halogenated alkanes) is 2. The van der Waals surface area contributed by atoms with Crippen LogP contribution < -0.4 is 10.9 Å². The normalized spacial score (nSPS) is 11.5. The van der Waals surface area contributed by atoms with Crippen LogP contribution in [0.2, 0.25) is 0 Å². The van der Waals surface area contributed by atoms with Gasteiger partial charge in [-0.25, -0.2) is 5.06 Å². The highest BCUT2D eigenvalue weighted by Crippen LogP contribution is 2.12. The van der Waals surface area contributed by atoms with Crippen LogP contribution in [0.1, 0.15) is 44.0 Å². The fourth-order valence-electron chi connectivity index (χ4n) is 2.65. The Balaban J connectivity index is 1.87. The first-order valence-corrected chi connectivity index (χ1v) is 9.31. The topological polar surface area (TPSA) is 120 Å². The van der Waals surface area contributed by atoms with Gasteiger partial charge in [-0.2, -0.15) is 5.10 Å². The van der Waals surface area contributed by atoms with Crippen LogP contribution in [0, 0.1) is 5.92 Å². The number of anilines is 1. The minimum absolute atomic E-state index is 0.0601. The average Bonchev–Trinajstić information content (AvgIpc) is 2.73. The van der Waals surface area contributed by atoms with E-state index in [0.717, 1.165) is 30.7 Å². The van der Waals surface area contributed by atoms with Gasteiger partial charge in [0.2, 0.25) is 12.3 Å². The van der Waals surface area contributed by atoms with Crippen LogP contribution in [0.5, 0.6) is 0 Å². The second-order valence-corrected chi connectivity index (χ2v) is 6.44. The maximum Gasteiger partial charge on any atom is 0.243 e. The summed E-state index contributed by atoms with van der Waals surface area (Å²) in [4.78, 5) is 27.3. The van der Waals surface area contributed by atoms with Crippen molar-refractivity contribution in [3.63, 3.8) is 0 Å². The fraction of sp³-hybridized carbons (Fsp3) is 0.421. The van der Waals surface area contributed by atoms with Gasteiger partial charge in [0.1, 0.15) is 0 Å². The molecule has 0 aliphatic rings. The number of hydrogen-bond acceptors (Lipinski definition) is 7. The summed E-state index contributed by atoms with van der Waals surface area (Å²) in [6.07, 6.45) is 5.99. The Morgan fingerprint density at radius 2 is 2.07 bits per heavy atom. The molecule has 0 aromatic carbocycles. The van der Waals surface area contributed by atoms with Gasteiger partial charge in [-0.3, -0.25) is 30.6 Å². The number of hydroxylamine groups is 2. The van der Waals surface area contributed by atoms with Crippen molar-refractivity contribution in [2.45, 2.75) is 39.0 Å². The Bertz CT molecular complexity index is 726. The molecule has 2 aromatic rings. The standard InChI is InChI=1S/C19H26N6O3/c1-2-3-4-7-15(13-25(28)14-26)19(27)24-23-18-10-9-17(21-22-18)12-16-8-5-6-11-20-16/h5-6,8-11,14-15,28H,2-4,7,12-13H2,1H3,(H,22,23)(H,24,27). The van der Waals surface area contributed by atoms with Crippen LogP contribution in [0.15, 0.2) is 36.5 Å². The zero-order chi connectivity index (χ0) is 20.2. The van der Waals surface area contributed by atoms with Crippen molar-refractivity contribution in [3.8, 4) is 0 Å². The number of aromatic nitrogens is 3. The van der Waals surface area contributed by atoms with E-state index in [-0.39, 0.29) is 12.5 Å². The van der Waals surface area contributed by atoms with Crippen LogP contribution in [-0.2, 0) is 16.0 Å². The molecule has 28 heavy (non-hydrogen) atoms. The lowest BCUT2D eigenvalue weighted by Gasteiger charge is -2.19. The van der Waals surface area contributed by atoms with Gasteiger partial charge in [-0.05, 0) is 30.7 Å². The largest absolute Gasteiger partial charge is 0.286 e. The van der Waals surface area contributed by atoms with Gasteiger partial charge in [0.05, 0.1) is 18.2 Å². The highest BCUT2D eigenvalue weighted by Gasteiger charge is 2.20. The molecular formula is C19H26N6O3. The third-order valence-electron chi connectivity index (χ3n) is 4.18. The van der Waals surface area contributed by atoms with Gasteiger partial charge in [0.25, 0.3) is 0 Å². The first-order chi connectivity index (χ1) is 13.6. The van der Waals surface area contributed by atoms with Crippen LogP contribution in [0.4, 0.5) is 5.82 Å². The zero-order valence-electron chi connectivity index (χ0n) is 15.9. The van der Waals surface area contributed by atoms with Gasteiger partial charge in [0, 0.05) is 18.3 Å². The molecule has 1 unspecified atom stereocenters. The van der Waals surface area contributed by atoms with E-state index in [1.54, 1.807) is 18.3 Å². The quantitative estimate of drug-likeness (QED) is 0.221. The third kappa shape index (κ3) is 7.28. The van der Waals surface area contributed by atoms with E-state index in [1.165, 1.54) is 0 Å². The molecule has 9 heteroatoms. The molecule has 2 heterocycles. The Labute approximate surface area is 164 Å². The lowest BCUT2D eigenvalue weighted by Crippen LogP contribution is -2.40. The molecule has 150 valence electrons. The van der Waals surface area contributed by atoms with Crippen molar-refractivity contribution >= 4 is 18.1 Å². The first-order valence-electron chi connectivity index (χ1n) is 9.31. The maximum absolute atomic E-state index is 12.4. The molecule has 0 fully saturated rings. The molecule has 0 aliphatic carbocycles. The minimum Gasteiger partial charge on any atom is -0.286 e. The number of carbonyl (C=O) groups excluding carboxylic acids is 2. The molecule has 2 amide bonds. The Morgan fingerprint density at radius 1 is 1.21 bits per heavy atom. The Hall–Kier alpha value is -3.07. The van der Waals surface area contributed by atoms with Crippen molar-refractivity contribution < 1.29 is 14.8 Å². The SMILES string of the molecule is CCCCCC(CN(O)C=O)C(=O)NNc1ccc(Cc2ccccn2)nn1. The summed E-state index contributed by atoms with van der Waals surface area (Å²) in [6.45, 7) is 2.01. The summed E-state index contributed by atoms with van der Waals surface area (Å²) in [5.41, 5.74) is 6.94. The van der Waals surface area contributed by atoms with Gasteiger partial charge in [-0.1, -0.05) is 32.3 Å². The minimum atomic E-state index is -0.523. The van der Waals surface area contributed by atoms with E-state index in [2.05, 4.69) is 33.0 Å². The van der Waals surface area contributed by atoms with E-state index in [0.29, 0.717) is 30.1 Å². The second kappa shape index (κ2) is 11.6. The molecule has 3 N–H and O–H groups in total. The molecule has 0 bridgehead atoms. The second-order valence-electron chi connectivity index (χ2n) is 6.44. The predicted molar refractivity (Wildman–Crippen MR) is 103 cm³/mol. The molecule has 0 spiro atoms. The lowest BCUT2D eigenvalue weighted by atomic mass is 10.0. The highest BCUT2D eigenvalue weighted by atomic mass is 16.5. The zero-order valence-corrected chi connectivity index (χ0v) is 15.9. The van der Waals surface area contributed by atoms with Gasteiger partial charge in [-0.15, -0.1) is 5.10 Å². The lowest BCUT2D eigenvalue weighted by molar-refractivity contribution is -0.154. The number of nitrogens with one attached hydrogen (secondary N) is 2. The molecule has 0 saturated carbocycles. The van der Waals surface area contributed by atoms with E-state index in [4.69, 9.17) is 0 Å². The Kier molecular flexibility index (Phi) is 8.80. The molecule has 0 saturated heterocycles. The van der Waals surface area contributed by atoms with Gasteiger partial charge < -0.3 is 0 Å². The van der Waals surface area contributed by atoms with E-state index in [9.17, 15) is 14.8 Å². The van der Waals surface area contributed by atoms with E-state index < -0.39 is 5.92 Å². The monoisotopic (exact) mass is 386 g/mol. The van der Waals surface area contributed by atoms with Crippen molar-refractivity contribution in [1.82, 2.24) is 25.7 Å². The van der Waals surface area contributed by atoms with Crippen molar-refractivity contribution in [2.24, 2.45) is 5.92 Å². The van der Waals surface area contributed by atoms with Crippen LogP contribution in [0.3, 0.4) is 0 Å². The molecule has 0 aliphatic heterocycles. The number of carbonyl (C=O) groups is 2. The van der Waals surface area contributed by atoms with E-state index >= 15 is 0 Å². The van der Waals surface area contributed by atoms with E-state index in [1.807, 2.05) is 18.2 Å². The molecule has 2 rings (SSSR count). The smallest absolute Gasteiger partial charge is 0.243 e. The number of amides is 2. The number of pyridine rings is 1. The number of nitrogens with zero attached hydrogens (tertiary/aromatic N) is 4. The summed E-state index contributed by atoms with van der Waals surface area (Å²) in [5, 5.41) is 18.1. The molecule has 2 aromatic heterocycles. The predicted octanol–water partition coefficient (Wildman–Crippen LogP) is 1.95. The van der Waals surface area contributed by atoms with Crippen LogP contribution >= 0.6 is 0 Å². The first kappa shape index (κ1) is 21.2. The maximum atomic E-state index is 12.4. The average molecular weight is 386 g/mol. The van der Waals surface area contributed by atoms with Crippen molar-refractivity contribution in [2.75, 3.05) is 12.0 Å². The van der Waals surface area contributed by atoms with Crippen LogP contribution in [0.25, 0.3) is 0 Å². The van der Waals surface area contributed by atoms with Gasteiger partial charge in [0.15, 0.2) is 5.82 Å². The summed E-state index contributed by atoms with van der Waals surface area (Å²) >= 11 is 0. The van der Waals surface area contributed by atoms with Crippen molar-refractivity contribution in [1.29, 1.82) is 0 Å². The molecular weight excluding hydrogens is 360 g/mol. The van der Waals surface area contributed by atoms with Crippen molar-refractivity contribution in [3.05, 3.63) is 47.9 Å². The third-order valence-corrected chi connectivity index (χ3v) is 4.18. The highest BCUT2D eigenvalue weighted by molar-refractivity contribution is 5.80. The number of hydrazine groups is 1. The number of rotatable bonds is 12. The summed E-state index contributed by atoms with van der Waals surface area (Å²) in [5.74, 6) is -0.455. The summed E-state index contributed by atoms with van der Waals surface area (Å²) in [6, 6.07) is 9.19. The molecule has 0 radical (unpaired) electrons. The fourth-order valence-corrected chi connectivity index (χ4v) is 2.65. The molecule has 9 nitrogen and oxygen atoms in total. The summed E-state index contributed by atoms with van der Waals surface area (Å²) < 4.78 is 0. The van der Waals surface area contributed by atoms with Crippen LogP contribution in [-0.4, -0.2) is 44.3 Å². The van der Waals surface area contributed by atoms with Gasteiger partial charge >= 0.3 is 0 Å². The number of hydrogen-bond donors (Lipinski definition) is 3.